The molecule has 1 heterocycles. The van der Waals surface area contributed by atoms with Crippen LogP contribution in [-0.4, -0.2) is 21.6 Å². The lowest BCUT2D eigenvalue weighted by molar-refractivity contribution is -0.121. The van der Waals surface area contributed by atoms with E-state index in [2.05, 4.69) is 5.32 Å². The molecule has 0 aliphatic heterocycles. The maximum atomic E-state index is 11.6. The van der Waals surface area contributed by atoms with Gasteiger partial charge in [-0.25, -0.2) is 0 Å². The number of hydrogen-bond acceptors (Lipinski definition) is 2. The molecule has 0 bridgehead atoms. The molecule has 1 atom stereocenters. The highest BCUT2D eigenvalue weighted by molar-refractivity contribution is 5.76. The van der Waals surface area contributed by atoms with Gasteiger partial charge in [-0.3, -0.25) is 4.79 Å². The first kappa shape index (κ1) is 12.2. The van der Waals surface area contributed by atoms with Gasteiger partial charge in [-0.05, 0) is 30.4 Å². The smallest absolute Gasteiger partial charge is 0.240 e. The Morgan fingerprint density at radius 2 is 2.29 bits per heavy atom. The summed E-state index contributed by atoms with van der Waals surface area (Å²) in [5.41, 5.74) is 0.874. The van der Waals surface area contributed by atoms with Crippen LogP contribution in [0, 0.1) is 5.92 Å². The minimum atomic E-state index is -0.456. The summed E-state index contributed by atoms with van der Waals surface area (Å²) in [7, 11) is 0. The second-order valence-electron chi connectivity index (χ2n) is 5.15. The topological polar surface area (TPSA) is 54.3 Å². The van der Waals surface area contributed by atoms with E-state index in [-0.39, 0.29) is 11.8 Å². The molecule has 1 aromatic rings. The Bertz CT molecular complexity index is 394. The zero-order valence-corrected chi connectivity index (χ0v) is 10.4. The summed E-state index contributed by atoms with van der Waals surface area (Å²) in [5.74, 6) is 0.236. The summed E-state index contributed by atoms with van der Waals surface area (Å²) in [5, 5.41) is 12.8. The van der Waals surface area contributed by atoms with E-state index >= 15 is 0 Å². The molecule has 17 heavy (non-hydrogen) atoms. The van der Waals surface area contributed by atoms with Crippen LogP contribution in [0.15, 0.2) is 18.5 Å². The van der Waals surface area contributed by atoms with E-state index in [0.29, 0.717) is 12.6 Å². The van der Waals surface area contributed by atoms with Crippen molar-refractivity contribution in [2.24, 2.45) is 5.92 Å². The van der Waals surface area contributed by atoms with Gasteiger partial charge in [0.15, 0.2) is 0 Å². The van der Waals surface area contributed by atoms with Crippen LogP contribution in [-0.2, 0) is 11.3 Å². The third-order valence-corrected chi connectivity index (χ3v) is 3.01. The van der Waals surface area contributed by atoms with E-state index < -0.39 is 6.10 Å². The van der Waals surface area contributed by atoms with Crippen LogP contribution in [0.1, 0.15) is 38.4 Å². The van der Waals surface area contributed by atoms with Crippen LogP contribution in [0.4, 0.5) is 0 Å². The Morgan fingerprint density at radius 3 is 2.88 bits per heavy atom. The van der Waals surface area contributed by atoms with Gasteiger partial charge in [-0.2, -0.15) is 0 Å². The maximum Gasteiger partial charge on any atom is 0.240 e. The minimum absolute atomic E-state index is 0.0497. The molecule has 2 N–H and O–H groups in total. The molecular weight excluding hydrogens is 216 g/mol. The van der Waals surface area contributed by atoms with Gasteiger partial charge in [-0.1, -0.05) is 13.8 Å². The third-order valence-electron chi connectivity index (χ3n) is 3.01. The van der Waals surface area contributed by atoms with Crippen molar-refractivity contribution in [1.29, 1.82) is 0 Å². The second kappa shape index (κ2) is 4.92. The molecule has 1 unspecified atom stereocenters. The molecule has 0 aromatic carbocycles. The standard InChI is InChI=1S/C13H20N2O2/c1-9(2)13(17)10-5-6-15(7-10)8-12(16)14-11-3-4-11/h5-7,9,11,13,17H,3-4,8H2,1-2H3,(H,14,16). The highest BCUT2D eigenvalue weighted by atomic mass is 16.3. The summed E-state index contributed by atoms with van der Waals surface area (Å²) in [6.07, 6.45) is 5.44. The summed E-state index contributed by atoms with van der Waals surface area (Å²) in [4.78, 5) is 11.6. The van der Waals surface area contributed by atoms with Crippen molar-refractivity contribution in [2.75, 3.05) is 0 Å². The number of amides is 1. The van der Waals surface area contributed by atoms with E-state index in [9.17, 15) is 9.90 Å². The number of aromatic nitrogens is 1. The first-order valence-corrected chi connectivity index (χ1v) is 6.19. The lowest BCUT2D eigenvalue weighted by Crippen LogP contribution is -2.28. The number of aliphatic hydroxyl groups excluding tert-OH is 1. The molecule has 0 spiro atoms. The van der Waals surface area contributed by atoms with Gasteiger partial charge in [0.1, 0.15) is 6.54 Å². The van der Waals surface area contributed by atoms with Crippen LogP contribution >= 0.6 is 0 Å². The molecule has 0 radical (unpaired) electrons. The molecule has 1 amide bonds. The summed E-state index contributed by atoms with van der Waals surface area (Å²) < 4.78 is 1.82. The lowest BCUT2D eigenvalue weighted by atomic mass is 10.0. The molecule has 94 valence electrons. The van der Waals surface area contributed by atoms with Gasteiger partial charge in [-0.15, -0.1) is 0 Å². The summed E-state index contributed by atoms with van der Waals surface area (Å²) in [6, 6.07) is 2.27. The first-order valence-electron chi connectivity index (χ1n) is 6.19. The van der Waals surface area contributed by atoms with Crippen LogP contribution < -0.4 is 5.32 Å². The predicted octanol–water partition coefficient (Wildman–Crippen LogP) is 1.46. The number of carbonyl (C=O) groups is 1. The van der Waals surface area contributed by atoms with Gasteiger partial charge in [0.2, 0.25) is 5.91 Å². The Balaban J connectivity index is 1.90. The van der Waals surface area contributed by atoms with E-state index in [1.165, 1.54) is 0 Å². The first-order chi connectivity index (χ1) is 8.06. The number of aliphatic hydroxyl groups is 1. The molecular formula is C13H20N2O2. The van der Waals surface area contributed by atoms with Crippen molar-refractivity contribution in [3.8, 4) is 0 Å². The molecule has 1 aromatic heterocycles. The van der Waals surface area contributed by atoms with E-state index in [0.717, 1.165) is 18.4 Å². The molecule has 4 heteroatoms. The number of hydrogen-bond donors (Lipinski definition) is 2. The zero-order chi connectivity index (χ0) is 12.4. The fourth-order valence-corrected chi connectivity index (χ4v) is 1.78. The number of carbonyl (C=O) groups excluding carboxylic acids is 1. The van der Waals surface area contributed by atoms with Crippen LogP contribution in [0.5, 0.6) is 0 Å². The second-order valence-corrected chi connectivity index (χ2v) is 5.15. The molecule has 2 rings (SSSR count). The zero-order valence-electron chi connectivity index (χ0n) is 10.4. The SMILES string of the molecule is CC(C)C(O)c1ccn(CC(=O)NC2CC2)c1. The third kappa shape index (κ3) is 3.33. The Hall–Kier alpha value is -1.29. The Morgan fingerprint density at radius 1 is 1.59 bits per heavy atom. The largest absolute Gasteiger partial charge is 0.388 e. The van der Waals surface area contributed by atoms with Crippen LogP contribution in [0.3, 0.4) is 0 Å². The quantitative estimate of drug-likeness (QED) is 0.813. The maximum absolute atomic E-state index is 11.6. The van der Waals surface area contributed by atoms with E-state index in [1.54, 1.807) is 0 Å². The van der Waals surface area contributed by atoms with Gasteiger partial charge in [0.05, 0.1) is 6.10 Å². The highest BCUT2D eigenvalue weighted by Gasteiger charge is 2.23. The molecule has 1 aliphatic rings. The van der Waals surface area contributed by atoms with E-state index in [1.807, 2.05) is 36.9 Å². The molecule has 0 saturated heterocycles. The van der Waals surface area contributed by atoms with E-state index in [4.69, 9.17) is 0 Å². The van der Waals surface area contributed by atoms with Gasteiger partial charge in [0.25, 0.3) is 0 Å². The van der Waals surface area contributed by atoms with Crippen molar-refractivity contribution in [3.05, 3.63) is 24.0 Å². The van der Waals surface area contributed by atoms with Crippen LogP contribution in [0.25, 0.3) is 0 Å². The van der Waals surface area contributed by atoms with Crippen LogP contribution in [0.2, 0.25) is 0 Å². The monoisotopic (exact) mass is 236 g/mol. The average Bonchev–Trinajstić information content (AvgIpc) is 2.94. The van der Waals surface area contributed by atoms with Gasteiger partial charge >= 0.3 is 0 Å². The lowest BCUT2D eigenvalue weighted by Gasteiger charge is -2.12. The van der Waals surface area contributed by atoms with Crippen molar-refractivity contribution in [1.82, 2.24) is 9.88 Å². The fourth-order valence-electron chi connectivity index (χ4n) is 1.78. The normalized spacial score (nSPS) is 17.2. The molecule has 4 nitrogen and oxygen atoms in total. The van der Waals surface area contributed by atoms with Gasteiger partial charge < -0.3 is 15.0 Å². The average molecular weight is 236 g/mol. The molecule has 1 aliphatic carbocycles. The number of nitrogens with zero attached hydrogens (tertiary/aromatic N) is 1. The Kier molecular flexibility index (Phi) is 3.52. The van der Waals surface area contributed by atoms with Crippen molar-refractivity contribution >= 4 is 5.91 Å². The van der Waals surface area contributed by atoms with Crippen molar-refractivity contribution in [3.63, 3.8) is 0 Å². The summed E-state index contributed by atoms with van der Waals surface area (Å²) >= 11 is 0. The predicted molar refractivity (Wildman–Crippen MR) is 65.4 cm³/mol. The summed E-state index contributed by atoms with van der Waals surface area (Å²) in [6.45, 7) is 4.28. The number of rotatable bonds is 5. The van der Waals surface area contributed by atoms with Gasteiger partial charge in [0, 0.05) is 18.4 Å². The Labute approximate surface area is 102 Å². The fraction of sp³-hybridized carbons (Fsp3) is 0.615. The minimum Gasteiger partial charge on any atom is -0.388 e. The highest BCUT2D eigenvalue weighted by Crippen LogP contribution is 2.21. The van der Waals surface area contributed by atoms with Crippen molar-refractivity contribution < 1.29 is 9.90 Å². The van der Waals surface area contributed by atoms with Crippen molar-refractivity contribution in [2.45, 2.75) is 45.4 Å². The number of nitrogens with one attached hydrogen (secondary N) is 1. The molecule has 1 fully saturated rings. The molecule has 1 saturated carbocycles.